The zero-order valence-electron chi connectivity index (χ0n) is 10.8. The van der Waals surface area contributed by atoms with Gasteiger partial charge in [-0.2, -0.15) is 0 Å². The van der Waals surface area contributed by atoms with Gasteiger partial charge in [0.05, 0.1) is 0 Å². The van der Waals surface area contributed by atoms with Crippen LogP contribution in [-0.4, -0.2) is 15.8 Å². The van der Waals surface area contributed by atoms with Crippen molar-refractivity contribution in [2.75, 3.05) is 0 Å². The number of phosphoric ester groups is 1. The zero-order valence-corrected chi connectivity index (χ0v) is 17.6. The van der Waals surface area contributed by atoms with Gasteiger partial charge in [-0.25, -0.2) is 4.57 Å². The summed E-state index contributed by atoms with van der Waals surface area (Å²) in [5.41, 5.74) is 0. The maximum absolute atomic E-state index is 9.74. The van der Waals surface area contributed by atoms with Crippen LogP contribution < -0.4 is 88.7 Å². The number of phosphoric acid groups is 1. The average molecular weight is 277 g/mol. The summed E-state index contributed by atoms with van der Waals surface area (Å²) in [5.74, 6) is -0.988. The summed E-state index contributed by atoms with van der Waals surface area (Å²) in [6.07, 6.45) is 0. The van der Waals surface area contributed by atoms with E-state index in [2.05, 4.69) is 4.52 Å². The molecule has 0 radical (unpaired) electrons. The summed E-state index contributed by atoms with van der Waals surface area (Å²) in [7, 11) is -4.57. The Kier molecular flexibility index (Phi) is 35.0. The van der Waals surface area contributed by atoms with Crippen LogP contribution in [0.1, 0.15) is 11.2 Å². The second-order valence-electron chi connectivity index (χ2n) is 1.07. The van der Waals surface area contributed by atoms with Crippen molar-refractivity contribution in [1.29, 1.82) is 0 Å². The van der Waals surface area contributed by atoms with Gasteiger partial charge in [0, 0.05) is 26.4 Å². The van der Waals surface area contributed by atoms with E-state index in [0.29, 0.717) is 0 Å². The minimum absolute atomic E-state index is 0. The Bertz CT molecular complexity index is 158. The summed E-state index contributed by atoms with van der Waals surface area (Å²) in [5, 5.41) is 0. The molecule has 0 aliphatic carbocycles. The van der Waals surface area contributed by atoms with Gasteiger partial charge in [-0.1, -0.05) is 0 Å². The Morgan fingerprint density at radius 2 is 1.58 bits per heavy atom. The average Bonchev–Trinajstić information content (AvgIpc) is 1.21. The summed E-state index contributed by atoms with van der Waals surface area (Å²) < 4.78 is 13.2. The Morgan fingerprint density at radius 1 is 1.33 bits per heavy atom. The van der Waals surface area contributed by atoms with E-state index >= 15 is 0 Å². The van der Waals surface area contributed by atoms with Crippen LogP contribution in [0.25, 0.3) is 0 Å². The van der Waals surface area contributed by atoms with Crippen molar-refractivity contribution in [2.45, 2.75) is 6.92 Å². The minimum Gasteiger partial charge on any atom is -1.00 e. The number of carbonyl (C=O) groups is 1. The topological polar surface area (TPSA) is 83.8 Å². The quantitative estimate of drug-likeness (QED) is 0.367. The Balaban J connectivity index is -0.0000000117. The van der Waals surface area contributed by atoms with Crippen LogP contribution in [0.2, 0.25) is 0 Å². The van der Waals surface area contributed by atoms with Gasteiger partial charge in [-0.05, 0) is 0 Å². The standard InChI is InChI=1S/C2H5O5P.3Na.Zn.3H/c1-2(3)7-8(4,5)6;;;;;;;/h1H3,(H2,4,5,6);;;;;;;/q;3*+1;;3*-1. The van der Waals surface area contributed by atoms with Crippen LogP contribution in [0.5, 0.6) is 0 Å². The SMILES string of the molecule is CC(=O)OP(=O)(O)O.[H-].[H-].[H-].[Na+].[Na+].[Na+].[Zn]. The van der Waals surface area contributed by atoms with Crippen LogP contribution in [-0.2, 0) is 33.4 Å². The second-order valence-corrected chi connectivity index (χ2v) is 2.24. The molecule has 0 unspecified atom stereocenters. The molecule has 0 aliphatic rings. The molecule has 56 valence electrons. The fraction of sp³-hybridized carbons (Fsp3) is 0.500. The predicted octanol–water partition coefficient (Wildman–Crippen LogP) is -9.01. The molecule has 0 atom stereocenters. The molecule has 0 aromatic heterocycles. The second kappa shape index (κ2) is 14.2. The van der Waals surface area contributed by atoms with E-state index < -0.39 is 13.8 Å². The molecule has 2 N–H and O–H groups in total. The molecule has 0 amide bonds. The Hall–Kier alpha value is 3.24. The van der Waals surface area contributed by atoms with E-state index in [0.717, 1.165) is 6.92 Å². The maximum atomic E-state index is 9.74. The van der Waals surface area contributed by atoms with Gasteiger partial charge in [0.15, 0.2) is 0 Å². The van der Waals surface area contributed by atoms with E-state index in [1.165, 1.54) is 0 Å². The van der Waals surface area contributed by atoms with Crippen LogP contribution in [0.4, 0.5) is 0 Å². The Labute approximate surface area is 154 Å². The van der Waals surface area contributed by atoms with E-state index in [-0.39, 0.29) is 112 Å². The molecule has 10 heteroatoms. The fourth-order valence-electron chi connectivity index (χ4n) is 0.167. The molecule has 0 rings (SSSR count). The first kappa shape index (κ1) is 29.5. The fourth-order valence-corrected chi connectivity index (χ4v) is 0.502. The molecule has 0 bridgehead atoms. The summed E-state index contributed by atoms with van der Waals surface area (Å²) >= 11 is 0. The van der Waals surface area contributed by atoms with Crippen molar-refractivity contribution in [1.82, 2.24) is 0 Å². The van der Waals surface area contributed by atoms with Crippen LogP contribution in [0.15, 0.2) is 0 Å². The molecule has 0 aliphatic heterocycles. The molecular weight excluding hydrogens is 269 g/mol. The molecule has 0 aromatic rings. The van der Waals surface area contributed by atoms with E-state index in [9.17, 15) is 9.36 Å². The van der Waals surface area contributed by atoms with Gasteiger partial charge < -0.3 is 8.80 Å². The van der Waals surface area contributed by atoms with Gasteiger partial charge in [-0.3, -0.25) is 14.6 Å². The predicted molar refractivity (Wildman–Crippen MR) is 27.1 cm³/mol. The summed E-state index contributed by atoms with van der Waals surface area (Å²) in [6.45, 7) is 0.916. The van der Waals surface area contributed by atoms with Crippen molar-refractivity contribution in [3.05, 3.63) is 0 Å². The third kappa shape index (κ3) is 29.2. The van der Waals surface area contributed by atoms with E-state index in [1.807, 2.05) is 0 Å². The number of hydrogen-bond donors (Lipinski definition) is 2. The first-order chi connectivity index (χ1) is 3.42. The van der Waals surface area contributed by atoms with Crippen molar-refractivity contribution in [3.63, 3.8) is 0 Å². The summed E-state index contributed by atoms with van der Waals surface area (Å²) in [4.78, 5) is 25.5. The molecule has 0 heterocycles. The largest absolute Gasteiger partial charge is 1.00 e. The van der Waals surface area contributed by atoms with E-state index in [4.69, 9.17) is 9.79 Å². The van der Waals surface area contributed by atoms with E-state index in [1.54, 1.807) is 0 Å². The summed E-state index contributed by atoms with van der Waals surface area (Å²) in [6, 6.07) is 0. The smallest absolute Gasteiger partial charge is 1.00 e. The number of hydrogen-bond acceptors (Lipinski definition) is 3. The van der Waals surface area contributed by atoms with Gasteiger partial charge in [-0.15, -0.1) is 0 Å². The molecule has 0 fully saturated rings. The molecule has 0 spiro atoms. The van der Waals surface area contributed by atoms with Gasteiger partial charge in [0.25, 0.3) is 0 Å². The molecule has 0 aromatic carbocycles. The Morgan fingerprint density at radius 3 is 1.58 bits per heavy atom. The molecule has 0 saturated heterocycles. The molecule has 5 nitrogen and oxygen atoms in total. The third-order valence-corrected chi connectivity index (χ3v) is 0.742. The van der Waals surface area contributed by atoms with Crippen LogP contribution in [0.3, 0.4) is 0 Å². The first-order valence-corrected chi connectivity index (χ1v) is 3.20. The number of carbonyl (C=O) groups excluding carboxylic acids is 1. The molecule has 0 saturated carbocycles. The number of rotatable bonds is 1. The normalized spacial score (nSPS) is 7.25. The van der Waals surface area contributed by atoms with Crippen molar-refractivity contribution < 1.29 is 136 Å². The van der Waals surface area contributed by atoms with Crippen molar-refractivity contribution >= 4 is 13.8 Å². The van der Waals surface area contributed by atoms with Crippen molar-refractivity contribution in [3.8, 4) is 0 Å². The monoisotopic (exact) mass is 276 g/mol. The maximum Gasteiger partial charge on any atom is 1.00 e. The van der Waals surface area contributed by atoms with Crippen LogP contribution >= 0.6 is 7.82 Å². The third-order valence-electron chi connectivity index (χ3n) is 0.247. The van der Waals surface area contributed by atoms with Gasteiger partial charge in [0.2, 0.25) is 0 Å². The van der Waals surface area contributed by atoms with Crippen LogP contribution in [0, 0.1) is 0 Å². The minimum atomic E-state index is -4.57. The molecule has 12 heavy (non-hydrogen) atoms. The van der Waals surface area contributed by atoms with Gasteiger partial charge >= 0.3 is 102 Å². The molecular formula is C2H8Na3O5PZn. The zero-order chi connectivity index (χ0) is 6.78. The van der Waals surface area contributed by atoms with Crippen molar-refractivity contribution in [2.24, 2.45) is 0 Å². The first-order valence-electron chi connectivity index (χ1n) is 1.67. The van der Waals surface area contributed by atoms with Gasteiger partial charge in [0.1, 0.15) is 0 Å².